The van der Waals surface area contributed by atoms with Gasteiger partial charge in [-0.3, -0.25) is 0 Å². The second-order valence-electron chi connectivity index (χ2n) is 6.40. The Morgan fingerprint density at radius 3 is 2.48 bits per heavy atom. The Labute approximate surface area is 168 Å². The monoisotopic (exact) mass is 395 g/mol. The Bertz CT molecular complexity index is 1010. The summed E-state index contributed by atoms with van der Waals surface area (Å²) in [6.07, 6.45) is -0.342. The summed E-state index contributed by atoms with van der Waals surface area (Å²) in [6, 6.07) is 7.26. The van der Waals surface area contributed by atoms with Crippen LogP contribution in [0.4, 0.5) is 10.6 Å². The predicted molar refractivity (Wildman–Crippen MR) is 105 cm³/mol. The maximum Gasteiger partial charge on any atom is 0.407 e. The summed E-state index contributed by atoms with van der Waals surface area (Å²) in [7, 11) is 4.81. The van der Waals surface area contributed by atoms with Crippen molar-refractivity contribution in [2.24, 2.45) is 0 Å². The number of methoxy groups -OCH3 is 2. The van der Waals surface area contributed by atoms with E-state index in [1.807, 2.05) is 0 Å². The number of benzene rings is 1. The van der Waals surface area contributed by atoms with Gasteiger partial charge in [0.25, 0.3) is 0 Å². The van der Waals surface area contributed by atoms with Crippen LogP contribution in [-0.2, 0) is 0 Å². The first kappa shape index (κ1) is 19.9. The maximum atomic E-state index is 11.2. The molecular formula is C20H21N5O4. The fourth-order valence-electron chi connectivity index (χ4n) is 3.26. The van der Waals surface area contributed by atoms with Crippen LogP contribution in [0.5, 0.6) is 11.5 Å². The van der Waals surface area contributed by atoms with Gasteiger partial charge in [-0.15, -0.1) is 0 Å². The van der Waals surface area contributed by atoms with Crippen molar-refractivity contribution in [3.05, 3.63) is 35.0 Å². The molecule has 29 heavy (non-hydrogen) atoms. The van der Waals surface area contributed by atoms with Gasteiger partial charge in [-0.05, 0) is 24.5 Å². The van der Waals surface area contributed by atoms with E-state index in [0.29, 0.717) is 53.6 Å². The highest BCUT2D eigenvalue weighted by atomic mass is 16.5. The van der Waals surface area contributed by atoms with Gasteiger partial charge in [-0.1, -0.05) is 5.92 Å². The Kier molecular flexibility index (Phi) is 5.79. The fourth-order valence-corrected chi connectivity index (χ4v) is 3.26. The predicted octanol–water partition coefficient (Wildman–Crippen LogP) is 2.14. The molecule has 1 amide bonds. The molecule has 2 aromatic rings. The van der Waals surface area contributed by atoms with Crippen molar-refractivity contribution in [1.82, 2.24) is 14.7 Å². The Balaban J connectivity index is 1.98. The molecule has 9 nitrogen and oxygen atoms in total. The number of nitrogens with one attached hydrogen (secondary N) is 1. The average molecular weight is 395 g/mol. The molecule has 0 saturated carbocycles. The molecular weight excluding hydrogens is 374 g/mol. The summed E-state index contributed by atoms with van der Waals surface area (Å²) in [5, 5.41) is 26.3. The van der Waals surface area contributed by atoms with Crippen LogP contribution >= 0.6 is 0 Å². The molecule has 1 aliphatic heterocycles. The molecule has 9 heteroatoms. The van der Waals surface area contributed by atoms with Crippen LogP contribution in [0.3, 0.4) is 0 Å². The number of aromatic nitrogens is 2. The van der Waals surface area contributed by atoms with Crippen LogP contribution in [0, 0.1) is 23.2 Å². The highest BCUT2D eigenvalue weighted by molar-refractivity contribution is 5.65. The second kappa shape index (κ2) is 8.44. The number of carbonyl (C=O) groups is 1. The molecule has 3 rings (SSSR count). The molecule has 0 spiro atoms. The lowest BCUT2D eigenvalue weighted by Gasteiger charge is -2.15. The lowest BCUT2D eigenvalue weighted by atomic mass is 10.2. The molecule has 150 valence electrons. The number of ether oxygens (including phenoxy) is 2. The number of amides is 1. The summed E-state index contributed by atoms with van der Waals surface area (Å²) >= 11 is 0. The van der Waals surface area contributed by atoms with Crippen molar-refractivity contribution < 1.29 is 19.4 Å². The molecule has 2 heterocycles. The molecule has 2 N–H and O–H groups in total. The Morgan fingerprint density at radius 1 is 1.28 bits per heavy atom. The fraction of sp³-hybridized carbons (Fsp3) is 0.350. The van der Waals surface area contributed by atoms with Gasteiger partial charge in [-0.25, -0.2) is 9.48 Å². The van der Waals surface area contributed by atoms with Crippen LogP contribution in [0.2, 0.25) is 0 Å². The van der Waals surface area contributed by atoms with E-state index in [0.717, 1.165) is 0 Å². The minimum absolute atomic E-state index is 0.159. The van der Waals surface area contributed by atoms with E-state index >= 15 is 0 Å². The number of nitrogens with zero attached hydrogens (tertiary/aromatic N) is 4. The number of anilines is 1. The van der Waals surface area contributed by atoms with Crippen molar-refractivity contribution in [3.63, 3.8) is 0 Å². The molecule has 0 radical (unpaired) electrons. The van der Waals surface area contributed by atoms with Gasteiger partial charge in [0.1, 0.15) is 28.9 Å². The van der Waals surface area contributed by atoms with E-state index in [1.54, 1.807) is 44.1 Å². The molecule has 0 bridgehead atoms. The van der Waals surface area contributed by atoms with Gasteiger partial charge >= 0.3 is 6.09 Å². The summed E-state index contributed by atoms with van der Waals surface area (Å²) in [5.41, 5.74) is 1.31. The maximum absolute atomic E-state index is 11.2. The highest BCUT2D eigenvalue weighted by Gasteiger charge is 2.30. The van der Waals surface area contributed by atoms with Crippen molar-refractivity contribution in [3.8, 4) is 29.4 Å². The quantitative estimate of drug-likeness (QED) is 0.763. The van der Waals surface area contributed by atoms with Crippen molar-refractivity contribution in [2.75, 3.05) is 39.7 Å². The largest absolute Gasteiger partial charge is 0.497 e. The molecule has 1 atom stereocenters. The summed E-state index contributed by atoms with van der Waals surface area (Å²) in [4.78, 5) is 12.5. The van der Waals surface area contributed by atoms with E-state index in [-0.39, 0.29) is 6.04 Å². The SMILES string of the molecule is CNc1c(C#N)c(C#Cc2cc(OC)cc(OC)c2)nn1[C@H]1CCN(C(=O)O)C1. The van der Waals surface area contributed by atoms with Crippen LogP contribution < -0.4 is 14.8 Å². The summed E-state index contributed by atoms with van der Waals surface area (Å²) < 4.78 is 12.2. The molecule has 1 aromatic carbocycles. The van der Waals surface area contributed by atoms with Gasteiger partial charge < -0.3 is 24.8 Å². The van der Waals surface area contributed by atoms with Gasteiger partial charge in [0, 0.05) is 31.8 Å². The van der Waals surface area contributed by atoms with E-state index < -0.39 is 6.09 Å². The van der Waals surface area contributed by atoms with Crippen LogP contribution in [-0.4, -0.2) is 60.2 Å². The topological polar surface area (TPSA) is 113 Å². The van der Waals surface area contributed by atoms with Crippen LogP contribution in [0.1, 0.15) is 29.3 Å². The number of likely N-dealkylation sites (tertiary alicyclic amines) is 1. The number of hydrogen-bond donors (Lipinski definition) is 2. The van der Waals surface area contributed by atoms with Crippen LogP contribution in [0.25, 0.3) is 0 Å². The van der Waals surface area contributed by atoms with Gasteiger partial charge in [0.05, 0.1) is 20.3 Å². The lowest BCUT2D eigenvalue weighted by molar-refractivity contribution is 0.154. The van der Waals surface area contributed by atoms with Crippen molar-refractivity contribution >= 4 is 11.9 Å². The Hall–Kier alpha value is -3.85. The zero-order chi connectivity index (χ0) is 21.0. The zero-order valence-electron chi connectivity index (χ0n) is 16.4. The third kappa shape index (κ3) is 4.04. The second-order valence-corrected chi connectivity index (χ2v) is 6.40. The molecule has 0 aliphatic carbocycles. The third-order valence-electron chi connectivity index (χ3n) is 4.72. The molecule has 1 saturated heterocycles. The van der Waals surface area contributed by atoms with Crippen molar-refractivity contribution in [2.45, 2.75) is 12.5 Å². The first-order chi connectivity index (χ1) is 14.0. The smallest absolute Gasteiger partial charge is 0.407 e. The standard InChI is InChI=1S/C20H21N5O4/c1-22-19-17(11-21)18(23-25(19)14-6-7-24(12-14)20(26)27)5-4-13-8-15(28-2)10-16(9-13)29-3/h8-10,14,22H,6-7,12H2,1-3H3,(H,26,27)/t14-/m0/s1. The first-order valence-corrected chi connectivity index (χ1v) is 8.94. The van der Waals surface area contributed by atoms with Crippen molar-refractivity contribution in [1.29, 1.82) is 5.26 Å². The number of nitriles is 1. The minimum Gasteiger partial charge on any atom is -0.497 e. The molecule has 1 aliphatic rings. The van der Waals surface area contributed by atoms with Crippen LogP contribution in [0.15, 0.2) is 18.2 Å². The normalized spacial score (nSPS) is 15.2. The van der Waals surface area contributed by atoms with E-state index in [1.165, 1.54) is 4.90 Å². The van der Waals surface area contributed by atoms with Gasteiger partial charge in [-0.2, -0.15) is 10.4 Å². The lowest BCUT2D eigenvalue weighted by Crippen LogP contribution is -2.27. The molecule has 0 unspecified atom stereocenters. The number of rotatable bonds is 4. The highest BCUT2D eigenvalue weighted by Crippen LogP contribution is 2.28. The zero-order valence-corrected chi connectivity index (χ0v) is 16.4. The minimum atomic E-state index is -0.960. The van der Waals surface area contributed by atoms with Gasteiger partial charge in [0.2, 0.25) is 0 Å². The first-order valence-electron chi connectivity index (χ1n) is 8.94. The third-order valence-corrected chi connectivity index (χ3v) is 4.72. The summed E-state index contributed by atoms with van der Waals surface area (Å²) in [6.45, 7) is 0.742. The van der Waals surface area contributed by atoms with E-state index in [9.17, 15) is 15.2 Å². The van der Waals surface area contributed by atoms with E-state index in [4.69, 9.17) is 9.47 Å². The number of carboxylic acid groups (broad SMARTS) is 1. The summed E-state index contributed by atoms with van der Waals surface area (Å²) in [5.74, 6) is 7.69. The average Bonchev–Trinajstić information content (AvgIpc) is 3.36. The molecule has 1 aromatic heterocycles. The van der Waals surface area contributed by atoms with Gasteiger partial charge in [0.15, 0.2) is 5.69 Å². The Morgan fingerprint density at radius 2 is 1.97 bits per heavy atom. The number of hydrogen-bond acceptors (Lipinski definition) is 6. The van der Waals surface area contributed by atoms with E-state index in [2.05, 4.69) is 28.3 Å². The molecule has 1 fully saturated rings.